The number of pyridine rings is 1. The lowest BCUT2D eigenvalue weighted by Gasteiger charge is -2.30. The number of fused-ring (bicyclic) bond motifs is 1. The van der Waals surface area contributed by atoms with Gasteiger partial charge in [0, 0.05) is 34.8 Å². The Hall–Kier alpha value is -1.66. The highest BCUT2D eigenvalue weighted by molar-refractivity contribution is 9.10. The van der Waals surface area contributed by atoms with E-state index in [1.807, 2.05) is 17.0 Å². The molecule has 0 N–H and O–H groups in total. The molecule has 0 amide bonds. The molecule has 5 nitrogen and oxygen atoms in total. The number of hydrogen-bond donors (Lipinski definition) is 0. The number of aromatic nitrogens is 1. The van der Waals surface area contributed by atoms with Crippen LogP contribution in [0, 0.1) is 10.1 Å². The lowest BCUT2D eigenvalue weighted by Crippen LogP contribution is -2.32. The van der Waals surface area contributed by atoms with Crippen LogP contribution >= 0.6 is 27.5 Å². The minimum Gasteiger partial charge on any atom is -0.346 e. The van der Waals surface area contributed by atoms with Gasteiger partial charge in [-0.2, -0.15) is 0 Å². The number of hydrogen-bond acceptors (Lipinski definition) is 4. The summed E-state index contributed by atoms with van der Waals surface area (Å²) in [6.07, 6.45) is 2.34. The molecular weight excluding hydrogens is 358 g/mol. The lowest BCUT2D eigenvalue weighted by atomic mass is 9.99. The van der Waals surface area contributed by atoms with Gasteiger partial charge in [0.05, 0.1) is 4.92 Å². The first kappa shape index (κ1) is 14.3. The Morgan fingerprint density at radius 1 is 1.33 bits per heavy atom. The molecular formula is C14H11BrClN3O2. The quantitative estimate of drug-likeness (QED) is 0.594. The first-order chi connectivity index (χ1) is 10.1. The van der Waals surface area contributed by atoms with Crippen LogP contribution in [0.3, 0.4) is 0 Å². The average molecular weight is 369 g/mol. The number of nitro groups is 1. The van der Waals surface area contributed by atoms with Crippen molar-refractivity contribution in [2.75, 3.05) is 11.4 Å². The molecule has 1 aliphatic heterocycles. The maximum atomic E-state index is 11.1. The average Bonchev–Trinajstić information content (AvgIpc) is 2.50. The van der Waals surface area contributed by atoms with Crippen LogP contribution in [-0.2, 0) is 13.0 Å². The summed E-state index contributed by atoms with van der Waals surface area (Å²) in [6.45, 7) is 1.19. The Morgan fingerprint density at radius 2 is 2.14 bits per heavy atom. The van der Waals surface area contributed by atoms with Crippen molar-refractivity contribution in [3.8, 4) is 0 Å². The number of nitrogens with zero attached hydrogens (tertiary/aromatic N) is 3. The van der Waals surface area contributed by atoms with E-state index in [0.717, 1.165) is 22.0 Å². The summed E-state index contributed by atoms with van der Waals surface area (Å²) >= 11 is 9.80. The van der Waals surface area contributed by atoms with Crippen molar-refractivity contribution in [1.82, 2.24) is 4.98 Å². The number of halogens is 2. The van der Waals surface area contributed by atoms with Crippen molar-refractivity contribution in [2.45, 2.75) is 13.0 Å². The van der Waals surface area contributed by atoms with E-state index in [4.69, 9.17) is 11.6 Å². The zero-order valence-electron chi connectivity index (χ0n) is 10.9. The van der Waals surface area contributed by atoms with E-state index in [2.05, 4.69) is 20.9 Å². The largest absolute Gasteiger partial charge is 0.346 e. The zero-order valence-corrected chi connectivity index (χ0v) is 13.3. The Bertz CT molecular complexity index is 723. The van der Waals surface area contributed by atoms with Crippen LogP contribution in [0.2, 0.25) is 5.02 Å². The molecule has 1 aromatic carbocycles. The minimum absolute atomic E-state index is 0.0204. The van der Waals surface area contributed by atoms with E-state index in [9.17, 15) is 10.1 Å². The van der Waals surface area contributed by atoms with E-state index in [1.54, 1.807) is 12.3 Å². The van der Waals surface area contributed by atoms with E-state index >= 15 is 0 Å². The van der Waals surface area contributed by atoms with Gasteiger partial charge in [0.1, 0.15) is 0 Å². The molecule has 0 spiro atoms. The van der Waals surface area contributed by atoms with Crippen molar-refractivity contribution >= 4 is 39.0 Å². The van der Waals surface area contributed by atoms with Gasteiger partial charge >= 0.3 is 5.69 Å². The lowest BCUT2D eigenvalue weighted by molar-refractivity contribution is -0.384. The summed E-state index contributed by atoms with van der Waals surface area (Å²) in [5, 5.41) is 11.8. The predicted octanol–water partition coefficient (Wildman–Crippen LogP) is 3.97. The summed E-state index contributed by atoms with van der Waals surface area (Å²) in [5.41, 5.74) is 2.18. The highest BCUT2D eigenvalue weighted by Gasteiger charge is 2.26. The first-order valence-electron chi connectivity index (χ1n) is 6.38. The molecule has 3 rings (SSSR count). The molecule has 0 bridgehead atoms. The standard InChI is InChI=1S/C14H11BrClN3O2/c15-11-3-4-12(16)10-8-18(7-5-9(10)11)14-13(19(20)21)2-1-6-17-14/h1-4,6H,5,7-8H2. The zero-order chi connectivity index (χ0) is 15.0. The van der Waals surface area contributed by atoms with Crippen LogP contribution in [0.5, 0.6) is 0 Å². The van der Waals surface area contributed by atoms with Crippen LogP contribution in [0.25, 0.3) is 0 Å². The van der Waals surface area contributed by atoms with Crippen LogP contribution in [0.4, 0.5) is 11.5 Å². The van der Waals surface area contributed by atoms with E-state index in [0.29, 0.717) is 23.9 Å². The maximum absolute atomic E-state index is 11.1. The van der Waals surface area contributed by atoms with Gasteiger partial charge in [0.25, 0.3) is 0 Å². The summed E-state index contributed by atoms with van der Waals surface area (Å²) in [6, 6.07) is 6.81. The van der Waals surface area contributed by atoms with Crippen LogP contribution in [-0.4, -0.2) is 16.5 Å². The number of anilines is 1. The number of benzene rings is 1. The molecule has 1 aliphatic rings. The van der Waals surface area contributed by atoms with Crippen LogP contribution < -0.4 is 4.90 Å². The number of rotatable bonds is 2. The van der Waals surface area contributed by atoms with Crippen LogP contribution in [0.15, 0.2) is 34.9 Å². The Labute approximate surface area is 134 Å². The molecule has 0 radical (unpaired) electrons. The molecule has 2 heterocycles. The maximum Gasteiger partial charge on any atom is 0.311 e. The van der Waals surface area contributed by atoms with E-state index < -0.39 is 4.92 Å². The highest BCUT2D eigenvalue weighted by atomic mass is 79.9. The molecule has 0 fully saturated rings. The third kappa shape index (κ3) is 2.61. The van der Waals surface area contributed by atoms with Gasteiger partial charge in [-0.25, -0.2) is 4.98 Å². The normalized spacial score (nSPS) is 13.9. The third-order valence-corrected chi connectivity index (χ3v) is 4.66. The summed E-state index contributed by atoms with van der Waals surface area (Å²) in [5.74, 6) is 0.393. The highest BCUT2D eigenvalue weighted by Crippen LogP contribution is 2.35. The summed E-state index contributed by atoms with van der Waals surface area (Å²) in [4.78, 5) is 16.8. The Kier molecular flexibility index (Phi) is 3.82. The fourth-order valence-corrected chi connectivity index (χ4v) is 3.36. The van der Waals surface area contributed by atoms with E-state index in [-0.39, 0.29) is 5.69 Å². The van der Waals surface area contributed by atoms with E-state index in [1.165, 1.54) is 6.07 Å². The fraction of sp³-hybridized carbons (Fsp3) is 0.214. The van der Waals surface area contributed by atoms with Crippen molar-refractivity contribution in [3.63, 3.8) is 0 Å². The molecule has 0 aliphatic carbocycles. The molecule has 1 aromatic heterocycles. The van der Waals surface area contributed by atoms with Gasteiger partial charge in [0.2, 0.25) is 5.82 Å². The van der Waals surface area contributed by atoms with Gasteiger partial charge in [-0.05, 0) is 35.7 Å². The molecule has 108 valence electrons. The predicted molar refractivity (Wildman–Crippen MR) is 84.8 cm³/mol. The minimum atomic E-state index is -0.402. The van der Waals surface area contributed by atoms with Gasteiger partial charge in [-0.15, -0.1) is 0 Å². The second-order valence-corrected chi connectivity index (χ2v) is 6.02. The van der Waals surface area contributed by atoms with Gasteiger partial charge in [-0.3, -0.25) is 10.1 Å². The molecule has 7 heteroatoms. The summed E-state index contributed by atoms with van der Waals surface area (Å²) < 4.78 is 1.03. The van der Waals surface area contributed by atoms with Gasteiger partial charge in [0.15, 0.2) is 0 Å². The van der Waals surface area contributed by atoms with Crippen molar-refractivity contribution in [1.29, 1.82) is 0 Å². The second-order valence-electron chi connectivity index (χ2n) is 4.76. The molecule has 21 heavy (non-hydrogen) atoms. The summed E-state index contributed by atoms with van der Waals surface area (Å²) in [7, 11) is 0. The third-order valence-electron chi connectivity index (χ3n) is 3.56. The topological polar surface area (TPSA) is 59.3 Å². The molecule has 0 saturated heterocycles. The first-order valence-corrected chi connectivity index (χ1v) is 7.55. The van der Waals surface area contributed by atoms with Crippen LogP contribution in [0.1, 0.15) is 11.1 Å². The monoisotopic (exact) mass is 367 g/mol. The van der Waals surface area contributed by atoms with Crippen molar-refractivity contribution in [2.24, 2.45) is 0 Å². The smallest absolute Gasteiger partial charge is 0.311 e. The molecule has 2 aromatic rings. The fourth-order valence-electron chi connectivity index (χ4n) is 2.55. The SMILES string of the molecule is O=[N+]([O-])c1cccnc1N1CCc2c(Br)ccc(Cl)c2C1. The van der Waals surface area contributed by atoms with Gasteiger partial charge < -0.3 is 4.90 Å². The molecule has 0 saturated carbocycles. The molecule has 0 atom stereocenters. The second kappa shape index (κ2) is 5.61. The Balaban J connectivity index is 2.01. The van der Waals surface area contributed by atoms with Gasteiger partial charge in [-0.1, -0.05) is 27.5 Å². The molecule has 0 unspecified atom stereocenters. The van der Waals surface area contributed by atoms with Crippen molar-refractivity contribution < 1.29 is 4.92 Å². The van der Waals surface area contributed by atoms with Crippen molar-refractivity contribution in [3.05, 3.63) is 61.2 Å². The Morgan fingerprint density at radius 3 is 2.90 bits per heavy atom.